The lowest BCUT2D eigenvalue weighted by molar-refractivity contribution is 0.101. The number of carbonyl (C=O) groups excluding carboxylic acids is 1. The molecule has 21 heavy (non-hydrogen) atoms. The Bertz CT molecular complexity index is 736. The van der Waals surface area contributed by atoms with Crippen LogP contribution in [0.15, 0.2) is 36.4 Å². The molecule has 0 saturated carbocycles. The molecular weight excluding hydrogens is 276 g/mol. The number of rotatable bonds is 4. The van der Waals surface area contributed by atoms with Crippen LogP contribution >= 0.6 is 0 Å². The summed E-state index contributed by atoms with van der Waals surface area (Å²) >= 11 is 0. The minimum absolute atomic E-state index is 0.0815. The monoisotopic (exact) mass is 287 g/mol. The Morgan fingerprint density at radius 1 is 1.29 bits per heavy atom. The molecule has 0 bridgehead atoms. The highest BCUT2D eigenvalue weighted by molar-refractivity contribution is 5.96. The molecule has 0 aliphatic heterocycles. The second kappa shape index (κ2) is 6.14. The number of ketones is 1. The SMILES string of the molecule is CC(=O)c1cc(F)ccc1OCc1cccc(C#N)c1F. The van der Waals surface area contributed by atoms with Crippen molar-refractivity contribution in [2.75, 3.05) is 0 Å². The van der Waals surface area contributed by atoms with Crippen molar-refractivity contribution < 1.29 is 18.3 Å². The largest absolute Gasteiger partial charge is 0.488 e. The van der Waals surface area contributed by atoms with Crippen molar-refractivity contribution >= 4 is 5.78 Å². The van der Waals surface area contributed by atoms with Gasteiger partial charge in [0.25, 0.3) is 0 Å². The van der Waals surface area contributed by atoms with Gasteiger partial charge in [-0.1, -0.05) is 12.1 Å². The summed E-state index contributed by atoms with van der Waals surface area (Å²) in [7, 11) is 0. The van der Waals surface area contributed by atoms with Crippen molar-refractivity contribution in [1.82, 2.24) is 0 Å². The van der Waals surface area contributed by atoms with Gasteiger partial charge in [0.05, 0.1) is 11.1 Å². The maximum atomic E-state index is 13.9. The van der Waals surface area contributed by atoms with E-state index >= 15 is 0 Å². The molecule has 0 spiro atoms. The maximum Gasteiger partial charge on any atom is 0.163 e. The van der Waals surface area contributed by atoms with Gasteiger partial charge in [0.15, 0.2) is 5.78 Å². The van der Waals surface area contributed by atoms with Gasteiger partial charge < -0.3 is 4.74 Å². The van der Waals surface area contributed by atoms with Crippen LogP contribution in [0.3, 0.4) is 0 Å². The molecule has 5 heteroatoms. The normalized spacial score (nSPS) is 10.0. The number of halogens is 2. The van der Waals surface area contributed by atoms with Gasteiger partial charge in [0.2, 0.25) is 0 Å². The molecule has 0 atom stereocenters. The molecule has 0 radical (unpaired) electrons. The molecule has 0 aliphatic carbocycles. The molecule has 0 aliphatic rings. The molecule has 0 unspecified atom stereocenters. The van der Waals surface area contributed by atoms with Crippen molar-refractivity contribution in [2.45, 2.75) is 13.5 Å². The van der Waals surface area contributed by atoms with E-state index in [4.69, 9.17) is 10.00 Å². The Morgan fingerprint density at radius 2 is 2.05 bits per heavy atom. The number of nitriles is 1. The van der Waals surface area contributed by atoms with Gasteiger partial charge >= 0.3 is 0 Å². The first-order valence-electron chi connectivity index (χ1n) is 6.13. The van der Waals surface area contributed by atoms with Crippen LogP contribution in [0, 0.1) is 23.0 Å². The summed E-state index contributed by atoms with van der Waals surface area (Å²) in [5, 5.41) is 8.76. The van der Waals surface area contributed by atoms with Crippen LogP contribution in [0.4, 0.5) is 8.78 Å². The van der Waals surface area contributed by atoms with E-state index in [9.17, 15) is 13.6 Å². The molecule has 106 valence electrons. The predicted molar refractivity (Wildman–Crippen MR) is 71.9 cm³/mol. The zero-order valence-electron chi connectivity index (χ0n) is 11.2. The lowest BCUT2D eigenvalue weighted by Gasteiger charge is -2.11. The van der Waals surface area contributed by atoms with Crippen LogP contribution in [0.2, 0.25) is 0 Å². The van der Waals surface area contributed by atoms with E-state index in [1.807, 2.05) is 0 Å². The standard InChI is InChI=1S/C16H11F2NO2/c1-10(20)14-7-13(17)5-6-15(14)21-9-12-4-2-3-11(8-19)16(12)18/h2-7H,9H2,1H3. The zero-order valence-corrected chi connectivity index (χ0v) is 11.2. The van der Waals surface area contributed by atoms with Crippen molar-refractivity contribution in [3.63, 3.8) is 0 Å². The molecule has 2 aromatic rings. The third-order valence-corrected chi connectivity index (χ3v) is 2.90. The summed E-state index contributed by atoms with van der Waals surface area (Å²) in [6.45, 7) is 1.13. The van der Waals surface area contributed by atoms with Crippen molar-refractivity contribution in [3.8, 4) is 11.8 Å². The predicted octanol–water partition coefficient (Wildman–Crippen LogP) is 3.62. The summed E-state index contributed by atoms with van der Waals surface area (Å²) in [6.07, 6.45) is 0. The van der Waals surface area contributed by atoms with Crippen molar-refractivity contribution in [3.05, 3.63) is 64.7 Å². The number of hydrogen-bond acceptors (Lipinski definition) is 3. The van der Waals surface area contributed by atoms with Crippen LogP contribution in [-0.4, -0.2) is 5.78 Å². The summed E-state index contributed by atoms with van der Waals surface area (Å²) in [5.41, 5.74) is 0.196. The molecule has 0 heterocycles. The number of Topliss-reactive ketones (excluding diaryl/α,β-unsaturated/α-hetero) is 1. The highest BCUT2D eigenvalue weighted by Gasteiger charge is 2.12. The Hall–Kier alpha value is -2.74. The minimum atomic E-state index is -0.661. The topological polar surface area (TPSA) is 50.1 Å². The summed E-state index contributed by atoms with van der Waals surface area (Å²) < 4.78 is 32.4. The van der Waals surface area contributed by atoms with Gasteiger partial charge in [-0.3, -0.25) is 4.79 Å². The van der Waals surface area contributed by atoms with Crippen LogP contribution in [0.5, 0.6) is 5.75 Å². The van der Waals surface area contributed by atoms with Crippen LogP contribution in [-0.2, 0) is 6.61 Å². The minimum Gasteiger partial charge on any atom is -0.488 e. The van der Waals surface area contributed by atoms with Crippen LogP contribution in [0.25, 0.3) is 0 Å². The molecule has 0 amide bonds. The lowest BCUT2D eigenvalue weighted by atomic mass is 10.1. The van der Waals surface area contributed by atoms with E-state index in [2.05, 4.69) is 0 Å². The summed E-state index contributed by atoms with van der Waals surface area (Å²) in [5.74, 6) is -1.39. The van der Waals surface area contributed by atoms with Crippen molar-refractivity contribution in [2.24, 2.45) is 0 Å². The molecule has 3 nitrogen and oxygen atoms in total. The molecule has 0 aromatic heterocycles. The fraction of sp³-hybridized carbons (Fsp3) is 0.125. The molecule has 2 rings (SSSR count). The highest BCUT2D eigenvalue weighted by atomic mass is 19.1. The maximum absolute atomic E-state index is 13.9. The molecule has 0 saturated heterocycles. The van der Waals surface area contributed by atoms with Gasteiger partial charge in [-0.15, -0.1) is 0 Å². The number of nitrogens with zero attached hydrogens (tertiary/aromatic N) is 1. The van der Waals surface area contributed by atoms with E-state index in [0.29, 0.717) is 0 Å². The molecule has 0 N–H and O–H groups in total. The Kier molecular flexibility index (Phi) is 4.29. The van der Waals surface area contributed by atoms with Crippen LogP contribution < -0.4 is 4.74 Å². The van der Waals surface area contributed by atoms with Gasteiger partial charge in [-0.25, -0.2) is 8.78 Å². The first kappa shape index (κ1) is 14.7. The van der Waals surface area contributed by atoms with Gasteiger partial charge in [-0.05, 0) is 31.2 Å². The fourth-order valence-electron chi connectivity index (χ4n) is 1.84. The molecular formula is C16H11F2NO2. The number of ether oxygens (including phenoxy) is 1. The summed E-state index contributed by atoms with van der Waals surface area (Å²) in [4.78, 5) is 11.4. The molecule has 0 fully saturated rings. The lowest BCUT2D eigenvalue weighted by Crippen LogP contribution is -2.04. The third-order valence-electron chi connectivity index (χ3n) is 2.90. The van der Waals surface area contributed by atoms with E-state index in [1.165, 1.54) is 31.2 Å². The summed E-state index contributed by atoms with van der Waals surface area (Å²) in [6, 6.07) is 9.66. The smallest absolute Gasteiger partial charge is 0.163 e. The van der Waals surface area contributed by atoms with E-state index in [1.54, 1.807) is 6.07 Å². The van der Waals surface area contributed by atoms with Crippen LogP contribution in [0.1, 0.15) is 28.4 Å². The Balaban J connectivity index is 2.25. The van der Waals surface area contributed by atoms with Gasteiger partial charge in [0.1, 0.15) is 30.1 Å². The number of carbonyl (C=O) groups is 1. The average molecular weight is 287 g/mol. The fourth-order valence-corrected chi connectivity index (χ4v) is 1.84. The Labute approximate surface area is 120 Å². The second-order valence-electron chi connectivity index (χ2n) is 4.38. The zero-order chi connectivity index (χ0) is 15.4. The second-order valence-corrected chi connectivity index (χ2v) is 4.38. The van der Waals surface area contributed by atoms with E-state index < -0.39 is 11.6 Å². The van der Waals surface area contributed by atoms with E-state index in [-0.39, 0.29) is 34.8 Å². The first-order chi connectivity index (χ1) is 10.0. The highest BCUT2D eigenvalue weighted by Crippen LogP contribution is 2.22. The third kappa shape index (κ3) is 3.23. The van der Waals surface area contributed by atoms with Crippen molar-refractivity contribution in [1.29, 1.82) is 5.26 Å². The van der Waals surface area contributed by atoms with E-state index in [0.717, 1.165) is 12.1 Å². The number of benzene rings is 2. The first-order valence-corrected chi connectivity index (χ1v) is 6.13. The van der Waals surface area contributed by atoms with Gasteiger partial charge in [-0.2, -0.15) is 5.26 Å². The van der Waals surface area contributed by atoms with Gasteiger partial charge in [0, 0.05) is 5.56 Å². The molecule has 2 aromatic carbocycles. The Morgan fingerprint density at radius 3 is 2.71 bits per heavy atom. The average Bonchev–Trinajstić information content (AvgIpc) is 2.47. The number of hydrogen-bond donors (Lipinski definition) is 0. The quantitative estimate of drug-likeness (QED) is 0.807.